The summed E-state index contributed by atoms with van der Waals surface area (Å²) in [6.07, 6.45) is 11.4. The molecular weight excluding hydrogens is 524 g/mol. The first-order valence-electron chi connectivity index (χ1n) is 14.0. The van der Waals surface area contributed by atoms with Gasteiger partial charge in [-0.15, -0.1) is 0 Å². The van der Waals surface area contributed by atoms with Crippen molar-refractivity contribution in [2.45, 2.75) is 0 Å². The maximum atomic E-state index is 9.67. The van der Waals surface area contributed by atoms with E-state index in [2.05, 4.69) is 72.8 Å². The Hall–Kier alpha value is -6.16. The molecule has 6 aromatic carbocycles. The highest BCUT2D eigenvalue weighted by atomic mass is 16.5. The number of ether oxygens (including phenoxy) is 1. The van der Waals surface area contributed by atoms with Gasteiger partial charge in [-0.1, -0.05) is 109 Å². The first kappa shape index (κ1) is 25.8. The molecule has 0 radical (unpaired) electrons. The maximum absolute atomic E-state index is 9.67. The van der Waals surface area contributed by atoms with Gasteiger partial charge in [0.2, 0.25) is 0 Å². The fourth-order valence-corrected chi connectivity index (χ4v) is 5.79. The lowest BCUT2D eigenvalue weighted by atomic mass is 9.96. The molecule has 3 heteroatoms. The van der Waals surface area contributed by atoms with Crippen molar-refractivity contribution in [2.75, 3.05) is 0 Å². The highest BCUT2D eigenvalue weighted by molar-refractivity contribution is 6.08. The molecule has 200 valence electrons. The Morgan fingerprint density at radius 1 is 0.488 bits per heavy atom. The van der Waals surface area contributed by atoms with Crippen LogP contribution in [0.3, 0.4) is 0 Å². The molecule has 6 aromatic rings. The van der Waals surface area contributed by atoms with E-state index in [0.29, 0.717) is 17.1 Å². The number of hydrogen-bond acceptors (Lipinski definition) is 3. The average molecular weight is 549 g/mol. The third-order valence-electron chi connectivity index (χ3n) is 7.80. The summed E-state index contributed by atoms with van der Waals surface area (Å²) in [5.74, 6) is 1.08. The lowest BCUT2D eigenvalue weighted by molar-refractivity contribution is 0.332. The van der Waals surface area contributed by atoms with E-state index in [4.69, 9.17) is 4.74 Å². The van der Waals surface area contributed by atoms with Gasteiger partial charge in [0.1, 0.15) is 29.2 Å². The summed E-state index contributed by atoms with van der Waals surface area (Å²) in [5, 5.41) is 28.5. The normalized spacial score (nSPS) is 13.3. The van der Waals surface area contributed by atoms with Gasteiger partial charge < -0.3 is 4.74 Å². The Kier molecular flexibility index (Phi) is 6.61. The first-order chi connectivity index (χ1) is 21.2. The van der Waals surface area contributed by atoms with E-state index in [1.165, 1.54) is 0 Å². The van der Waals surface area contributed by atoms with Gasteiger partial charge in [0.25, 0.3) is 0 Å². The van der Waals surface area contributed by atoms with Crippen LogP contribution in [0.5, 0.6) is 0 Å². The molecule has 0 spiro atoms. The highest BCUT2D eigenvalue weighted by Crippen LogP contribution is 2.33. The van der Waals surface area contributed by atoms with Crippen LogP contribution < -0.4 is 0 Å². The van der Waals surface area contributed by atoms with E-state index in [0.717, 1.165) is 54.2 Å². The Morgan fingerprint density at radius 3 is 1.19 bits per heavy atom. The predicted molar refractivity (Wildman–Crippen MR) is 176 cm³/mol. The van der Waals surface area contributed by atoms with E-state index in [1.54, 1.807) is 12.2 Å². The van der Waals surface area contributed by atoms with Crippen LogP contribution in [-0.4, -0.2) is 0 Å². The number of allylic oxidation sites excluding steroid dienone is 6. The largest absolute Gasteiger partial charge is 0.457 e. The molecule has 0 atom stereocenters. The molecule has 0 aromatic heterocycles. The summed E-state index contributed by atoms with van der Waals surface area (Å²) in [6.45, 7) is 0. The predicted octanol–water partition coefficient (Wildman–Crippen LogP) is 10.2. The van der Waals surface area contributed by atoms with E-state index in [-0.39, 0.29) is 5.57 Å². The molecule has 7 rings (SSSR count). The fourth-order valence-electron chi connectivity index (χ4n) is 5.79. The number of benzene rings is 6. The van der Waals surface area contributed by atoms with Crippen molar-refractivity contribution in [2.24, 2.45) is 0 Å². The summed E-state index contributed by atoms with van der Waals surface area (Å²) < 4.78 is 6.34. The van der Waals surface area contributed by atoms with Crippen molar-refractivity contribution in [1.29, 1.82) is 10.5 Å². The minimum Gasteiger partial charge on any atom is -0.457 e. The maximum Gasteiger partial charge on any atom is 0.137 e. The van der Waals surface area contributed by atoms with Gasteiger partial charge >= 0.3 is 0 Å². The van der Waals surface area contributed by atoms with Crippen LogP contribution in [0, 0.1) is 22.7 Å². The standard InChI is InChI=1S/C40H24N2O/c41-25-32(26-42)31-23-33(17-19-39-35-13-5-1-9-27(35)21-28-10-2-6-14-36(28)39)43-34(24-31)18-20-40-37-15-7-3-11-29(37)22-30-12-4-8-16-38(30)40/h1-24H. The second-order valence-electron chi connectivity index (χ2n) is 10.4. The Labute approximate surface area is 249 Å². The molecule has 0 amide bonds. The van der Waals surface area contributed by atoms with Gasteiger partial charge in [-0.2, -0.15) is 10.5 Å². The van der Waals surface area contributed by atoms with Crippen LogP contribution in [0.15, 0.2) is 156 Å². The summed E-state index contributed by atoms with van der Waals surface area (Å²) in [5.41, 5.74) is 2.71. The van der Waals surface area contributed by atoms with Crippen LogP contribution in [0.25, 0.3) is 55.2 Å². The summed E-state index contributed by atoms with van der Waals surface area (Å²) in [4.78, 5) is 0. The molecule has 0 N–H and O–H groups in total. The van der Waals surface area contributed by atoms with E-state index in [9.17, 15) is 10.5 Å². The number of nitriles is 2. The molecule has 0 saturated heterocycles. The number of hydrogen-bond donors (Lipinski definition) is 0. The fraction of sp³-hybridized carbons (Fsp3) is 0. The summed E-state index contributed by atoms with van der Waals surface area (Å²) in [6, 6.07) is 41.8. The average Bonchev–Trinajstić information content (AvgIpc) is 3.05. The summed E-state index contributed by atoms with van der Waals surface area (Å²) in [7, 11) is 0. The second kappa shape index (κ2) is 11.0. The molecule has 0 aliphatic carbocycles. The topological polar surface area (TPSA) is 56.8 Å². The van der Waals surface area contributed by atoms with Crippen LogP contribution in [0.2, 0.25) is 0 Å². The molecule has 0 bridgehead atoms. The highest BCUT2D eigenvalue weighted by Gasteiger charge is 2.13. The minimum absolute atomic E-state index is 0.0336. The molecular formula is C40H24N2O. The lowest BCUT2D eigenvalue weighted by Crippen LogP contribution is -1.98. The molecule has 3 nitrogen and oxygen atoms in total. The lowest BCUT2D eigenvalue weighted by Gasteiger charge is -2.15. The minimum atomic E-state index is 0.0336. The third kappa shape index (κ3) is 4.87. The van der Waals surface area contributed by atoms with Gasteiger partial charge in [-0.05, 0) is 90.7 Å². The zero-order valence-electron chi connectivity index (χ0n) is 23.2. The van der Waals surface area contributed by atoms with Gasteiger partial charge in [-0.25, -0.2) is 0 Å². The van der Waals surface area contributed by atoms with Crippen molar-refractivity contribution in [3.05, 3.63) is 167 Å². The first-order valence-corrected chi connectivity index (χ1v) is 14.0. The molecule has 1 aliphatic heterocycles. The van der Waals surface area contributed by atoms with Crippen LogP contribution >= 0.6 is 0 Å². The SMILES string of the molecule is N#CC(C#N)=C1C=C(C=Cc2c3ccccc3cc3ccccc23)OC(C=Cc2c3ccccc3cc3ccccc23)=C1. The second-order valence-corrected chi connectivity index (χ2v) is 10.4. The molecule has 0 fully saturated rings. The van der Waals surface area contributed by atoms with Gasteiger partial charge in [0, 0.05) is 5.57 Å². The van der Waals surface area contributed by atoms with Crippen LogP contribution in [-0.2, 0) is 4.74 Å². The Balaban J connectivity index is 1.32. The molecule has 43 heavy (non-hydrogen) atoms. The van der Waals surface area contributed by atoms with Gasteiger partial charge in [0.05, 0.1) is 0 Å². The smallest absolute Gasteiger partial charge is 0.137 e. The Bertz CT molecular complexity index is 2060. The van der Waals surface area contributed by atoms with Gasteiger partial charge in [0.15, 0.2) is 0 Å². The molecule has 0 unspecified atom stereocenters. The summed E-state index contributed by atoms with van der Waals surface area (Å²) >= 11 is 0. The monoisotopic (exact) mass is 548 g/mol. The van der Waals surface area contributed by atoms with Crippen molar-refractivity contribution < 1.29 is 4.74 Å². The van der Waals surface area contributed by atoms with Crippen molar-refractivity contribution in [3.63, 3.8) is 0 Å². The zero-order chi connectivity index (χ0) is 29.2. The zero-order valence-corrected chi connectivity index (χ0v) is 23.2. The quantitative estimate of drug-likeness (QED) is 0.163. The number of nitrogens with zero attached hydrogens (tertiary/aromatic N) is 2. The number of rotatable bonds is 4. The van der Waals surface area contributed by atoms with E-state index >= 15 is 0 Å². The molecule has 0 saturated carbocycles. The number of fused-ring (bicyclic) bond motifs is 4. The Morgan fingerprint density at radius 2 is 0.837 bits per heavy atom. The van der Waals surface area contributed by atoms with E-state index in [1.807, 2.05) is 72.8 Å². The van der Waals surface area contributed by atoms with Crippen LogP contribution in [0.1, 0.15) is 11.1 Å². The van der Waals surface area contributed by atoms with Crippen LogP contribution in [0.4, 0.5) is 0 Å². The van der Waals surface area contributed by atoms with Gasteiger partial charge in [-0.3, -0.25) is 0 Å². The van der Waals surface area contributed by atoms with E-state index < -0.39 is 0 Å². The van der Waals surface area contributed by atoms with Crippen molar-refractivity contribution >= 4 is 55.2 Å². The third-order valence-corrected chi connectivity index (χ3v) is 7.80. The van der Waals surface area contributed by atoms with Crippen molar-refractivity contribution in [3.8, 4) is 12.1 Å². The molecule has 1 heterocycles. The van der Waals surface area contributed by atoms with Crippen molar-refractivity contribution in [1.82, 2.24) is 0 Å². The molecule has 1 aliphatic rings.